The van der Waals surface area contributed by atoms with Crippen LogP contribution in [0.15, 0.2) is 67.7 Å². The first-order valence-electron chi connectivity index (χ1n) is 9.95. The van der Waals surface area contributed by atoms with Crippen LogP contribution in [0.5, 0.6) is 5.75 Å². The predicted octanol–water partition coefficient (Wildman–Crippen LogP) is 3.57. The van der Waals surface area contributed by atoms with Crippen molar-refractivity contribution in [2.75, 3.05) is 6.61 Å². The molecule has 1 atom stereocenters. The highest BCUT2D eigenvalue weighted by molar-refractivity contribution is 9.10. The van der Waals surface area contributed by atoms with Crippen LogP contribution in [0.3, 0.4) is 0 Å². The summed E-state index contributed by atoms with van der Waals surface area (Å²) in [7, 11) is 1.54. The van der Waals surface area contributed by atoms with E-state index in [1.165, 1.54) is 16.3 Å². The summed E-state index contributed by atoms with van der Waals surface area (Å²) in [5.41, 5.74) is 0.432. The number of aliphatic hydroxyl groups excluding tert-OH is 1. The van der Waals surface area contributed by atoms with Crippen molar-refractivity contribution < 1.29 is 9.84 Å². The number of ether oxygens (including phenoxy) is 1. The van der Waals surface area contributed by atoms with E-state index in [2.05, 4.69) is 25.9 Å². The van der Waals surface area contributed by atoms with Crippen LogP contribution in [0.1, 0.15) is 5.56 Å². The number of rotatable bonds is 8. The summed E-state index contributed by atoms with van der Waals surface area (Å²) in [6, 6.07) is 14.7. The number of aromatic amines is 1. The van der Waals surface area contributed by atoms with Crippen LogP contribution in [0, 0.1) is 0 Å². The van der Waals surface area contributed by atoms with Gasteiger partial charge in [-0.05, 0) is 42.0 Å². The second kappa shape index (κ2) is 10.2. The van der Waals surface area contributed by atoms with Gasteiger partial charge in [-0.2, -0.15) is 0 Å². The fraction of sp³-hybridized carbons (Fsp3) is 0.227. The molecule has 8 nitrogen and oxygen atoms in total. The van der Waals surface area contributed by atoms with Crippen molar-refractivity contribution >= 4 is 50.5 Å². The third-order valence-electron chi connectivity index (χ3n) is 4.88. The van der Waals surface area contributed by atoms with E-state index in [1.807, 2.05) is 24.3 Å². The number of thioether (sulfide) groups is 1. The molecule has 0 unspecified atom stereocenters. The van der Waals surface area contributed by atoms with Gasteiger partial charge in [0.05, 0.1) is 6.54 Å². The van der Waals surface area contributed by atoms with Crippen LogP contribution in [-0.2, 0) is 19.3 Å². The Morgan fingerprint density at radius 2 is 2.00 bits per heavy atom. The fourth-order valence-corrected chi connectivity index (χ4v) is 4.78. The maximum Gasteiger partial charge on any atom is 0.329 e. The number of fused-ring (bicyclic) bond motifs is 1. The van der Waals surface area contributed by atoms with Crippen molar-refractivity contribution in [3.63, 3.8) is 0 Å². The molecule has 11 heteroatoms. The zero-order valence-electron chi connectivity index (χ0n) is 17.5. The van der Waals surface area contributed by atoms with Gasteiger partial charge in [-0.25, -0.2) is 9.78 Å². The first-order chi connectivity index (χ1) is 15.8. The monoisotopic (exact) mass is 550 g/mol. The number of aliphatic hydroxyl groups is 1. The van der Waals surface area contributed by atoms with Gasteiger partial charge in [-0.3, -0.25) is 14.3 Å². The van der Waals surface area contributed by atoms with E-state index in [0.29, 0.717) is 21.7 Å². The number of nitrogens with zero attached hydrogens (tertiary/aromatic N) is 3. The first kappa shape index (κ1) is 23.6. The molecule has 4 rings (SSSR count). The molecule has 0 saturated heterocycles. The standard InChI is InChI=1S/C22H20BrClN4O4S/c1-27-19-18(20(30)26-21(27)31)28(10-16(29)11-32-17-7-5-15(24)6-8-17)22(25-19)33-12-13-3-2-4-14(23)9-13/h2-9,16,29H,10-12H2,1H3,(H,26,30,31)/t16-/m0/s1. The zero-order valence-corrected chi connectivity index (χ0v) is 20.7. The lowest BCUT2D eigenvalue weighted by Gasteiger charge is -2.15. The van der Waals surface area contributed by atoms with Gasteiger partial charge in [0, 0.05) is 22.3 Å². The normalized spacial score (nSPS) is 12.2. The van der Waals surface area contributed by atoms with E-state index in [0.717, 1.165) is 10.0 Å². The van der Waals surface area contributed by atoms with Crippen molar-refractivity contribution in [1.82, 2.24) is 19.1 Å². The van der Waals surface area contributed by atoms with E-state index in [4.69, 9.17) is 16.3 Å². The molecular formula is C22H20BrClN4O4S. The molecule has 0 fully saturated rings. The molecule has 172 valence electrons. The van der Waals surface area contributed by atoms with Gasteiger partial charge >= 0.3 is 5.69 Å². The third kappa shape index (κ3) is 5.52. The molecule has 2 aromatic heterocycles. The van der Waals surface area contributed by atoms with Crippen LogP contribution >= 0.6 is 39.3 Å². The highest BCUT2D eigenvalue weighted by Crippen LogP contribution is 2.26. The van der Waals surface area contributed by atoms with E-state index in [-0.39, 0.29) is 24.3 Å². The Bertz CT molecular complexity index is 1400. The van der Waals surface area contributed by atoms with Crippen LogP contribution in [-0.4, -0.2) is 36.9 Å². The molecule has 4 aromatic rings. The minimum Gasteiger partial charge on any atom is -0.491 e. The average molecular weight is 552 g/mol. The van der Waals surface area contributed by atoms with Gasteiger partial charge in [0.1, 0.15) is 18.5 Å². The number of aromatic nitrogens is 4. The molecule has 0 aliphatic heterocycles. The van der Waals surface area contributed by atoms with Gasteiger partial charge in [0.25, 0.3) is 5.56 Å². The van der Waals surface area contributed by atoms with Crippen molar-refractivity contribution in [1.29, 1.82) is 0 Å². The molecule has 2 N–H and O–H groups in total. The summed E-state index contributed by atoms with van der Waals surface area (Å²) < 4.78 is 9.52. The number of H-pyrrole nitrogens is 1. The highest BCUT2D eigenvalue weighted by Gasteiger charge is 2.20. The van der Waals surface area contributed by atoms with E-state index in [9.17, 15) is 14.7 Å². The summed E-state index contributed by atoms with van der Waals surface area (Å²) in [6.07, 6.45) is -0.931. The number of imidazole rings is 1. The second-order valence-corrected chi connectivity index (χ2v) is 9.63. The lowest BCUT2D eigenvalue weighted by molar-refractivity contribution is 0.0914. The fourth-order valence-electron chi connectivity index (χ4n) is 3.26. The summed E-state index contributed by atoms with van der Waals surface area (Å²) in [5, 5.41) is 11.8. The quantitative estimate of drug-likeness (QED) is 0.325. The topological polar surface area (TPSA) is 102 Å². The Labute approximate surface area is 206 Å². The van der Waals surface area contributed by atoms with Crippen molar-refractivity contribution in [3.05, 3.63) is 84.4 Å². The molecule has 0 aliphatic carbocycles. The van der Waals surface area contributed by atoms with Gasteiger partial charge in [-0.1, -0.05) is 51.4 Å². The smallest absolute Gasteiger partial charge is 0.329 e. The van der Waals surface area contributed by atoms with Gasteiger partial charge < -0.3 is 14.4 Å². The predicted molar refractivity (Wildman–Crippen MR) is 132 cm³/mol. The van der Waals surface area contributed by atoms with Crippen LogP contribution < -0.4 is 16.0 Å². The lowest BCUT2D eigenvalue weighted by Crippen LogP contribution is -2.30. The highest BCUT2D eigenvalue weighted by atomic mass is 79.9. The molecule has 0 bridgehead atoms. The number of hydrogen-bond donors (Lipinski definition) is 2. The Morgan fingerprint density at radius 1 is 1.24 bits per heavy atom. The number of halogens is 2. The number of hydrogen-bond acceptors (Lipinski definition) is 6. The minimum atomic E-state index is -0.931. The first-order valence-corrected chi connectivity index (χ1v) is 12.1. The van der Waals surface area contributed by atoms with E-state index in [1.54, 1.807) is 35.9 Å². The van der Waals surface area contributed by atoms with Crippen LogP contribution in [0.2, 0.25) is 5.02 Å². The maximum atomic E-state index is 12.6. The minimum absolute atomic E-state index is 0.000708. The molecule has 33 heavy (non-hydrogen) atoms. The summed E-state index contributed by atoms with van der Waals surface area (Å²) in [6.45, 7) is 0.0624. The van der Waals surface area contributed by atoms with Crippen LogP contribution in [0.4, 0.5) is 0 Å². The SMILES string of the molecule is Cn1c(=O)[nH]c(=O)c2c1nc(SCc1cccc(Br)c1)n2C[C@H](O)COc1ccc(Cl)cc1. The number of nitrogens with one attached hydrogen (secondary N) is 1. The average Bonchev–Trinajstić information content (AvgIpc) is 3.14. The van der Waals surface area contributed by atoms with Gasteiger partial charge in [-0.15, -0.1) is 0 Å². The number of aryl methyl sites for hydroxylation is 1. The van der Waals surface area contributed by atoms with Crippen molar-refractivity contribution in [2.45, 2.75) is 23.6 Å². The molecular weight excluding hydrogens is 532 g/mol. The van der Waals surface area contributed by atoms with Crippen LogP contribution in [0.25, 0.3) is 11.2 Å². The number of benzene rings is 2. The zero-order chi connectivity index (χ0) is 23.5. The molecule has 2 heterocycles. The molecule has 0 aliphatic rings. The Kier molecular flexibility index (Phi) is 7.28. The Morgan fingerprint density at radius 3 is 2.73 bits per heavy atom. The molecule has 0 saturated carbocycles. The second-order valence-electron chi connectivity index (χ2n) is 7.33. The molecule has 0 amide bonds. The molecule has 0 radical (unpaired) electrons. The van der Waals surface area contributed by atoms with Gasteiger partial charge in [0.2, 0.25) is 0 Å². The van der Waals surface area contributed by atoms with Gasteiger partial charge in [0.15, 0.2) is 16.3 Å². The summed E-state index contributed by atoms with van der Waals surface area (Å²) in [5.74, 6) is 1.16. The molecule has 0 spiro atoms. The van der Waals surface area contributed by atoms with Crippen molar-refractivity contribution in [2.24, 2.45) is 7.05 Å². The Balaban J connectivity index is 1.61. The maximum absolute atomic E-state index is 12.6. The third-order valence-corrected chi connectivity index (χ3v) is 6.67. The largest absolute Gasteiger partial charge is 0.491 e. The summed E-state index contributed by atoms with van der Waals surface area (Å²) in [4.78, 5) is 31.5. The Hall–Kier alpha value is -2.53. The lowest BCUT2D eigenvalue weighted by atomic mass is 10.2. The molecule has 2 aromatic carbocycles. The summed E-state index contributed by atoms with van der Waals surface area (Å²) >= 11 is 10.8. The van der Waals surface area contributed by atoms with Crippen molar-refractivity contribution in [3.8, 4) is 5.75 Å². The van der Waals surface area contributed by atoms with E-state index >= 15 is 0 Å². The van der Waals surface area contributed by atoms with E-state index < -0.39 is 17.4 Å².